The number of benzene rings is 1. The molecule has 1 amide bonds. The van der Waals surface area contributed by atoms with Crippen LogP contribution in [0.1, 0.15) is 38.2 Å². The Morgan fingerprint density at radius 3 is 2.57 bits per heavy atom. The van der Waals surface area contributed by atoms with Crippen molar-refractivity contribution in [2.24, 2.45) is 0 Å². The maximum atomic E-state index is 12.0. The Balaban J connectivity index is 1.69. The highest BCUT2D eigenvalue weighted by molar-refractivity contribution is 5.78. The van der Waals surface area contributed by atoms with E-state index in [1.807, 2.05) is 29.2 Å². The van der Waals surface area contributed by atoms with Gasteiger partial charge in [0.2, 0.25) is 5.91 Å². The van der Waals surface area contributed by atoms with Gasteiger partial charge in [0.15, 0.2) is 0 Å². The molecule has 4 nitrogen and oxygen atoms in total. The summed E-state index contributed by atoms with van der Waals surface area (Å²) in [6, 6.07) is 8.06. The standard InChI is InChI=1S/C17H26N2O2/c1-2-12-21-16-8-6-15(7-9-16)13-18-14-17(20)19-10-4-3-5-11-19/h6-9,18H,2-5,10-14H2,1H3. The normalized spacial score (nSPS) is 15.0. The first-order valence-electron chi connectivity index (χ1n) is 8.00. The predicted molar refractivity (Wildman–Crippen MR) is 84.4 cm³/mol. The quantitative estimate of drug-likeness (QED) is 0.839. The minimum Gasteiger partial charge on any atom is -0.494 e. The Labute approximate surface area is 127 Å². The van der Waals surface area contributed by atoms with Crippen LogP contribution in [0.3, 0.4) is 0 Å². The summed E-state index contributed by atoms with van der Waals surface area (Å²) in [6.45, 7) is 5.83. The predicted octanol–water partition coefficient (Wildman–Crippen LogP) is 2.58. The van der Waals surface area contributed by atoms with Crippen LogP contribution in [-0.4, -0.2) is 37.0 Å². The number of rotatable bonds is 7. The van der Waals surface area contributed by atoms with Crippen molar-refractivity contribution in [3.05, 3.63) is 29.8 Å². The maximum absolute atomic E-state index is 12.0. The molecule has 0 atom stereocenters. The van der Waals surface area contributed by atoms with Gasteiger partial charge in [-0.2, -0.15) is 0 Å². The Kier molecular flexibility index (Phi) is 6.54. The van der Waals surface area contributed by atoms with Crippen LogP contribution in [0.4, 0.5) is 0 Å². The molecule has 1 saturated heterocycles. The SMILES string of the molecule is CCCOc1ccc(CNCC(=O)N2CCCCC2)cc1. The van der Waals surface area contributed by atoms with Gasteiger partial charge in [-0.15, -0.1) is 0 Å². The van der Waals surface area contributed by atoms with Gasteiger partial charge in [-0.25, -0.2) is 0 Å². The van der Waals surface area contributed by atoms with E-state index in [2.05, 4.69) is 12.2 Å². The summed E-state index contributed by atoms with van der Waals surface area (Å²) in [5.41, 5.74) is 1.17. The highest BCUT2D eigenvalue weighted by Gasteiger charge is 2.15. The average Bonchev–Trinajstić information content (AvgIpc) is 2.55. The van der Waals surface area contributed by atoms with Crippen LogP contribution in [0.2, 0.25) is 0 Å². The molecule has 0 bridgehead atoms. The van der Waals surface area contributed by atoms with Gasteiger partial charge in [-0.3, -0.25) is 4.79 Å². The fraction of sp³-hybridized carbons (Fsp3) is 0.588. The number of carbonyl (C=O) groups is 1. The van der Waals surface area contributed by atoms with Crippen molar-refractivity contribution in [1.29, 1.82) is 0 Å². The van der Waals surface area contributed by atoms with Crippen molar-refractivity contribution in [2.75, 3.05) is 26.2 Å². The van der Waals surface area contributed by atoms with Crippen molar-refractivity contribution >= 4 is 5.91 Å². The lowest BCUT2D eigenvalue weighted by Gasteiger charge is -2.26. The Bertz CT molecular complexity index is 425. The summed E-state index contributed by atoms with van der Waals surface area (Å²) in [6.07, 6.45) is 4.56. The zero-order valence-corrected chi connectivity index (χ0v) is 12.9. The largest absolute Gasteiger partial charge is 0.494 e. The monoisotopic (exact) mass is 290 g/mol. The van der Waals surface area contributed by atoms with Gasteiger partial charge in [0.05, 0.1) is 13.2 Å². The fourth-order valence-electron chi connectivity index (χ4n) is 2.49. The fourth-order valence-corrected chi connectivity index (χ4v) is 2.49. The minimum absolute atomic E-state index is 0.220. The molecule has 4 heteroatoms. The van der Waals surface area contributed by atoms with E-state index in [-0.39, 0.29) is 5.91 Å². The van der Waals surface area contributed by atoms with E-state index < -0.39 is 0 Å². The second-order valence-electron chi connectivity index (χ2n) is 5.54. The summed E-state index contributed by atoms with van der Waals surface area (Å²) in [7, 11) is 0. The number of nitrogens with zero attached hydrogens (tertiary/aromatic N) is 1. The molecule has 0 aromatic heterocycles. The van der Waals surface area contributed by atoms with E-state index in [1.165, 1.54) is 12.0 Å². The topological polar surface area (TPSA) is 41.6 Å². The molecule has 1 heterocycles. The Morgan fingerprint density at radius 1 is 1.19 bits per heavy atom. The van der Waals surface area contributed by atoms with E-state index in [0.717, 1.165) is 44.7 Å². The lowest BCUT2D eigenvalue weighted by Crippen LogP contribution is -2.40. The van der Waals surface area contributed by atoms with Gasteiger partial charge in [0, 0.05) is 19.6 Å². The van der Waals surface area contributed by atoms with Gasteiger partial charge in [-0.1, -0.05) is 19.1 Å². The van der Waals surface area contributed by atoms with Crippen LogP contribution < -0.4 is 10.1 Å². The van der Waals surface area contributed by atoms with Crippen molar-refractivity contribution in [3.63, 3.8) is 0 Å². The third-order valence-electron chi connectivity index (χ3n) is 3.71. The van der Waals surface area contributed by atoms with Crippen LogP contribution >= 0.6 is 0 Å². The smallest absolute Gasteiger partial charge is 0.236 e. The third-order valence-corrected chi connectivity index (χ3v) is 3.71. The first-order chi connectivity index (χ1) is 10.3. The number of nitrogens with one attached hydrogen (secondary N) is 1. The molecule has 1 aliphatic rings. The third kappa shape index (κ3) is 5.38. The van der Waals surface area contributed by atoms with Crippen LogP contribution in [-0.2, 0) is 11.3 Å². The number of piperidine rings is 1. The van der Waals surface area contributed by atoms with Crippen molar-refractivity contribution < 1.29 is 9.53 Å². The number of carbonyl (C=O) groups excluding carboxylic acids is 1. The zero-order valence-electron chi connectivity index (χ0n) is 12.9. The second kappa shape index (κ2) is 8.67. The molecule has 1 aromatic rings. The van der Waals surface area contributed by atoms with E-state index >= 15 is 0 Å². The van der Waals surface area contributed by atoms with Crippen LogP contribution in [0, 0.1) is 0 Å². The molecular weight excluding hydrogens is 264 g/mol. The molecule has 1 aromatic carbocycles. The molecule has 1 N–H and O–H groups in total. The van der Waals surface area contributed by atoms with Gasteiger partial charge >= 0.3 is 0 Å². The number of ether oxygens (including phenoxy) is 1. The second-order valence-corrected chi connectivity index (χ2v) is 5.54. The summed E-state index contributed by atoms with van der Waals surface area (Å²) < 4.78 is 5.55. The van der Waals surface area contributed by atoms with Crippen LogP contribution in [0.25, 0.3) is 0 Å². The number of amides is 1. The van der Waals surface area contributed by atoms with E-state index in [9.17, 15) is 4.79 Å². The molecule has 0 unspecified atom stereocenters. The molecular formula is C17H26N2O2. The average molecular weight is 290 g/mol. The molecule has 1 aliphatic heterocycles. The van der Waals surface area contributed by atoms with Gasteiger partial charge in [0.1, 0.15) is 5.75 Å². The Morgan fingerprint density at radius 2 is 1.90 bits per heavy atom. The van der Waals surface area contributed by atoms with Gasteiger partial charge in [0.25, 0.3) is 0 Å². The Hall–Kier alpha value is -1.55. The first-order valence-corrected chi connectivity index (χ1v) is 8.00. The number of hydrogen-bond acceptors (Lipinski definition) is 3. The zero-order chi connectivity index (χ0) is 14.9. The molecule has 2 rings (SSSR count). The van der Waals surface area contributed by atoms with Crippen LogP contribution in [0.5, 0.6) is 5.75 Å². The molecule has 0 saturated carbocycles. The van der Waals surface area contributed by atoms with Gasteiger partial charge < -0.3 is 15.0 Å². The molecule has 0 spiro atoms. The highest BCUT2D eigenvalue weighted by Crippen LogP contribution is 2.12. The molecule has 1 fully saturated rings. The van der Waals surface area contributed by atoms with E-state index in [1.54, 1.807) is 0 Å². The summed E-state index contributed by atoms with van der Waals surface area (Å²) >= 11 is 0. The van der Waals surface area contributed by atoms with Crippen molar-refractivity contribution in [1.82, 2.24) is 10.2 Å². The molecule has 116 valence electrons. The molecule has 21 heavy (non-hydrogen) atoms. The number of likely N-dealkylation sites (tertiary alicyclic amines) is 1. The van der Waals surface area contributed by atoms with Gasteiger partial charge in [-0.05, 0) is 43.4 Å². The highest BCUT2D eigenvalue weighted by atomic mass is 16.5. The van der Waals surface area contributed by atoms with E-state index in [4.69, 9.17) is 4.74 Å². The summed E-state index contributed by atoms with van der Waals surface area (Å²) in [5.74, 6) is 1.13. The first kappa shape index (κ1) is 15.8. The summed E-state index contributed by atoms with van der Waals surface area (Å²) in [5, 5.41) is 3.23. The van der Waals surface area contributed by atoms with E-state index in [0.29, 0.717) is 13.1 Å². The minimum atomic E-state index is 0.220. The lowest BCUT2D eigenvalue weighted by atomic mass is 10.1. The molecule has 0 radical (unpaired) electrons. The summed E-state index contributed by atoms with van der Waals surface area (Å²) in [4.78, 5) is 14.0. The number of hydrogen-bond donors (Lipinski definition) is 1. The van der Waals surface area contributed by atoms with Crippen molar-refractivity contribution in [3.8, 4) is 5.75 Å². The lowest BCUT2D eigenvalue weighted by molar-refractivity contribution is -0.131. The molecule has 0 aliphatic carbocycles. The van der Waals surface area contributed by atoms with Crippen LogP contribution in [0.15, 0.2) is 24.3 Å². The van der Waals surface area contributed by atoms with Crippen molar-refractivity contribution in [2.45, 2.75) is 39.2 Å². The maximum Gasteiger partial charge on any atom is 0.236 e.